The number of aromatic nitrogens is 1. The monoisotopic (exact) mass is 224 g/mol. The molecule has 0 aromatic carbocycles. The van der Waals surface area contributed by atoms with Gasteiger partial charge in [-0.2, -0.15) is 0 Å². The first-order valence-corrected chi connectivity index (χ1v) is 4.98. The van der Waals surface area contributed by atoms with Crippen molar-refractivity contribution in [2.45, 2.75) is 13.0 Å². The summed E-state index contributed by atoms with van der Waals surface area (Å²) in [5.41, 5.74) is 0.476. The van der Waals surface area contributed by atoms with Crippen molar-refractivity contribution in [3.8, 4) is 5.88 Å². The van der Waals surface area contributed by atoms with Gasteiger partial charge in [-0.15, -0.1) is 0 Å². The molecule has 88 valence electrons. The van der Waals surface area contributed by atoms with Gasteiger partial charge in [0.25, 0.3) is 5.91 Å². The van der Waals surface area contributed by atoms with Crippen molar-refractivity contribution in [1.82, 2.24) is 9.88 Å². The lowest BCUT2D eigenvalue weighted by Gasteiger charge is -2.18. The van der Waals surface area contributed by atoms with Crippen LogP contribution in [0.5, 0.6) is 5.88 Å². The van der Waals surface area contributed by atoms with Crippen LogP contribution in [0, 0.1) is 0 Å². The summed E-state index contributed by atoms with van der Waals surface area (Å²) in [6.07, 6.45) is 0.917. The predicted molar refractivity (Wildman–Crippen MR) is 59.4 cm³/mol. The number of methoxy groups -OCH3 is 1. The molecular weight excluding hydrogens is 208 g/mol. The summed E-state index contributed by atoms with van der Waals surface area (Å²) in [5.74, 6) is 0.297. The predicted octanol–water partition coefficient (Wildman–Crippen LogP) is 0.543. The van der Waals surface area contributed by atoms with E-state index < -0.39 is 6.10 Å². The zero-order chi connectivity index (χ0) is 12.1. The standard InChI is InChI=1S/C11H16N2O3/c1-8(14)7-13(2)11(15)9-4-5-10(16-3)12-6-9/h4-6,8,14H,7H2,1-3H3. The summed E-state index contributed by atoms with van der Waals surface area (Å²) < 4.78 is 4.90. The third-order valence-corrected chi connectivity index (χ3v) is 2.08. The molecule has 0 aliphatic carbocycles. The number of hydrogen-bond donors (Lipinski definition) is 1. The van der Waals surface area contributed by atoms with E-state index in [1.165, 1.54) is 18.2 Å². The molecule has 1 aromatic rings. The van der Waals surface area contributed by atoms with Gasteiger partial charge < -0.3 is 14.7 Å². The molecule has 0 saturated carbocycles. The molecule has 0 spiro atoms. The number of aliphatic hydroxyl groups is 1. The van der Waals surface area contributed by atoms with E-state index in [0.717, 1.165) is 0 Å². The van der Waals surface area contributed by atoms with E-state index in [2.05, 4.69) is 4.98 Å². The van der Waals surface area contributed by atoms with Gasteiger partial charge in [-0.1, -0.05) is 0 Å². The van der Waals surface area contributed by atoms with Crippen LogP contribution in [-0.2, 0) is 0 Å². The molecule has 0 bridgehead atoms. The number of amides is 1. The van der Waals surface area contributed by atoms with E-state index >= 15 is 0 Å². The zero-order valence-corrected chi connectivity index (χ0v) is 9.67. The SMILES string of the molecule is COc1ccc(C(=O)N(C)CC(C)O)cn1. The number of rotatable bonds is 4. The van der Waals surface area contributed by atoms with Crippen LogP contribution in [0.1, 0.15) is 17.3 Å². The van der Waals surface area contributed by atoms with Gasteiger partial charge in [-0.25, -0.2) is 4.98 Å². The molecule has 1 heterocycles. The number of likely N-dealkylation sites (N-methyl/N-ethyl adjacent to an activating group) is 1. The lowest BCUT2D eigenvalue weighted by Crippen LogP contribution is -2.33. The zero-order valence-electron chi connectivity index (χ0n) is 9.67. The lowest BCUT2D eigenvalue weighted by molar-refractivity contribution is 0.0703. The third kappa shape index (κ3) is 3.20. The minimum atomic E-state index is -0.542. The maximum absolute atomic E-state index is 11.8. The molecule has 0 saturated heterocycles. The first-order valence-electron chi connectivity index (χ1n) is 4.98. The van der Waals surface area contributed by atoms with E-state index in [1.54, 1.807) is 26.1 Å². The first kappa shape index (κ1) is 12.4. The Balaban J connectivity index is 2.72. The summed E-state index contributed by atoms with van der Waals surface area (Å²) in [6, 6.07) is 3.27. The van der Waals surface area contributed by atoms with Gasteiger partial charge in [0.2, 0.25) is 5.88 Å². The minimum Gasteiger partial charge on any atom is -0.481 e. The molecule has 0 radical (unpaired) electrons. The second-order valence-electron chi connectivity index (χ2n) is 3.62. The van der Waals surface area contributed by atoms with Crippen molar-refractivity contribution in [3.05, 3.63) is 23.9 Å². The first-order chi connectivity index (χ1) is 7.54. The molecular formula is C11H16N2O3. The minimum absolute atomic E-state index is 0.170. The molecule has 1 aromatic heterocycles. The van der Waals surface area contributed by atoms with Crippen molar-refractivity contribution in [2.24, 2.45) is 0 Å². The van der Waals surface area contributed by atoms with Crippen molar-refractivity contribution >= 4 is 5.91 Å². The van der Waals surface area contributed by atoms with Crippen LogP contribution in [0.3, 0.4) is 0 Å². The Bertz CT molecular complexity index is 349. The highest BCUT2D eigenvalue weighted by molar-refractivity contribution is 5.93. The summed E-state index contributed by atoms with van der Waals surface area (Å²) in [6.45, 7) is 1.93. The van der Waals surface area contributed by atoms with E-state index in [4.69, 9.17) is 4.74 Å². The van der Waals surface area contributed by atoms with Crippen molar-refractivity contribution in [3.63, 3.8) is 0 Å². The number of aliphatic hydroxyl groups excluding tert-OH is 1. The van der Waals surface area contributed by atoms with Crippen LogP contribution in [-0.4, -0.2) is 47.7 Å². The Morgan fingerprint density at radius 3 is 2.75 bits per heavy atom. The molecule has 0 aliphatic rings. The van der Waals surface area contributed by atoms with Crippen molar-refractivity contribution in [2.75, 3.05) is 20.7 Å². The molecule has 1 unspecified atom stereocenters. The Morgan fingerprint density at radius 2 is 2.31 bits per heavy atom. The summed E-state index contributed by atoms with van der Waals surface area (Å²) in [7, 11) is 3.16. The number of hydrogen-bond acceptors (Lipinski definition) is 4. The molecule has 1 rings (SSSR count). The van der Waals surface area contributed by atoms with Crippen molar-refractivity contribution < 1.29 is 14.6 Å². The third-order valence-electron chi connectivity index (χ3n) is 2.08. The van der Waals surface area contributed by atoms with Crippen LogP contribution < -0.4 is 4.74 Å². The Kier molecular flexibility index (Phi) is 4.25. The highest BCUT2D eigenvalue weighted by Gasteiger charge is 2.13. The smallest absolute Gasteiger partial charge is 0.255 e. The molecule has 16 heavy (non-hydrogen) atoms. The Hall–Kier alpha value is -1.62. The molecule has 1 atom stereocenters. The van der Waals surface area contributed by atoms with E-state index in [-0.39, 0.29) is 5.91 Å². The fourth-order valence-electron chi connectivity index (χ4n) is 1.33. The normalized spacial score (nSPS) is 12.0. The number of pyridine rings is 1. The van der Waals surface area contributed by atoms with Crippen LogP contribution in [0.4, 0.5) is 0 Å². The fourth-order valence-corrected chi connectivity index (χ4v) is 1.33. The average Bonchev–Trinajstić information content (AvgIpc) is 2.27. The van der Waals surface area contributed by atoms with Gasteiger partial charge in [0.15, 0.2) is 0 Å². The number of carbonyl (C=O) groups is 1. The molecule has 1 amide bonds. The lowest BCUT2D eigenvalue weighted by atomic mass is 10.2. The number of ether oxygens (including phenoxy) is 1. The summed E-state index contributed by atoms with van der Waals surface area (Å²) in [4.78, 5) is 17.2. The van der Waals surface area contributed by atoms with E-state index in [1.807, 2.05) is 0 Å². The highest BCUT2D eigenvalue weighted by Crippen LogP contribution is 2.08. The summed E-state index contributed by atoms with van der Waals surface area (Å²) >= 11 is 0. The molecule has 5 heteroatoms. The van der Waals surface area contributed by atoms with Crippen LogP contribution in [0.15, 0.2) is 18.3 Å². The second kappa shape index (κ2) is 5.46. The van der Waals surface area contributed by atoms with Gasteiger partial charge in [-0.05, 0) is 13.0 Å². The largest absolute Gasteiger partial charge is 0.481 e. The average molecular weight is 224 g/mol. The fraction of sp³-hybridized carbons (Fsp3) is 0.455. The number of carbonyl (C=O) groups excluding carboxylic acids is 1. The van der Waals surface area contributed by atoms with E-state index in [9.17, 15) is 9.90 Å². The van der Waals surface area contributed by atoms with Crippen LogP contribution in [0.2, 0.25) is 0 Å². The van der Waals surface area contributed by atoms with Gasteiger partial charge in [0.1, 0.15) is 0 Å². The Morgan fingerprint density at radius 1 is 1.62 bits per heavy atom. The van der Waals surface area contributed by atoms with Crippen LogP contribution in [0.25, 0.3) is 0 Å². The topological polar surface area (TPSA) is 62.7 Å². The second-order valence-corrected chi connectivity index (χ2v) is 3.62. The van der Waals surface area contributed by atoms with Gasteiger partial charge >= 0.3 is 0 Å². The quantitative estimate of drug-likeness (QED) is 0.811. The summed E-state index contributed by atoms with van der Waals surface area (Å²) in [5, 5.41) is 9.17. The van der Waals surface area contributed by atoms with Crippen LogP contribution >= 0.6 is 0 Å². The number of nitrogens with zero attached hydrogens (tertiary/aromatic N) is 2. The maximum Gasteiger partial charge on any atom is 0.255 e. The van der Waals surface area contributed by atoms with E-state index in [0.29, 0.717) is 18.0 Å². The maximum atomic E-state index is 11.8. The highest BCUT2D eigenvalue weighted by atomic mass is 16.5. The van der Waals surface area contributed by atoms with Gasteiger partial charge in [0, 0.05) is 25.9 Å². The van der Waals surface area contributed by atoms with Gasteiger partial charge in [-0.3, -0.25) is 4.79 Å². The molecule has 5 nitrogen and oxygen atoms in total. The molecule has 0 fully saturated rings. The van der Waals surface area contributed by atoms with Gasteiger partial charge in [0.05, 0.1) is 18.8 Å². The molecule has 1 N–H and O–H groups in total. The molecule has 0 aliphatic heterocycles. The van der Waals surface area contributed by atoms with Crippen molar-refractivity contribution in [1.29, 1.82) is 0 Å². The Labute approximate surface area is 94.7 Å².